The van der Waals surface area contributed by atoms with Gasteiger partial charge in [0.1, 0.15) is 5.75 Å². The van der Waals surface area contributed by atoms with E-state index in [0.717, 1.165) is 0 Å². The molecule has 4 N–H and O–H groups in total. The molecule has 2 atom stereocenters. The summed E-state index contributed by atoms with van der Waals surface area (Å²) in [5, 5.41) is 0. The lowest BCUT2D eigenvalue weighted by Crippen LogP contribution is -2.30. The van der Waals surface area contributed by atoms with E-state index < -0.39 is 5.91 Å². The van der Waals surface area contributed by atoms with Crippen LogP contribution in [0.4, 0.5) is 0 Å². The average molecular weight is 367 g/mol. The molecule has 0 unspecified atom stereocenters. The second-order valence-corrected chi connectivity index (χ2v) is 6.80. The van der Waals surface area contributed by atoms with Gasteiger partial charge in [-0.25, -0.2) is 0 Å². The highest BCUT2D eigenvalue weighted by Crippen LogP contribution is 2.32. The minimum absolute atomic E-state index is 0.0536. The number of likely N-dealkylation sites (tertiary alicyclic amines) is 1. The molecule has 0 radical (unpaired) electrons. The highest BCUT2D eigenvalue weighted by molar-refractivity contribution is 5.93. The Morgan fingerprint density at radius 3 is 2.56 bits per heavy atom. The van der Waals surface area contributed by atoms with Gasteiger partial charge in [0, 0.05) is 24.6 Å². The zero-order valence-corrected chi connectivity index (χ0v) is 15.2. The van der Waals surface area contributed by atoms with Gasteiger partial charge in [-0.15, -0.1) is 0 Å². The molecule has 6 nitrogen and oxygen atoms in total. The number of nitrogens with two attached hydrogens (primary N) is 2. The van der Waals surface area contributed by atoms with Crippen molar-refractivity contribution in [1.82, 2.24) is 4.90 Å². The maximum absolute atomic E-state index is 12.6. The first-order valence-electron chi connectivity index (χ1n) is 9.14. The number of nitrogens with zero attached hydrogens (tertiary/aromatic N) is 1. The number of ether oxygens (including phenoxy) is 1. The molecule has 0 saturated carbocycles. The number of rotatable bonds is 7. The maximum Gasteiger partial charge on any atom is 0.248 e. The first-order valence-corrected chi connectivity index (χ1v) is 9.14. The van der Waals surface area contributed by atoms with Crippen molar-refractivity contribution in [1.29, 1.82) is 0 Å². The highest BCUT2D eigenvalue weighted by Gasteiger charge is 2.34. The quantitative estimate of drug-likeness (QED) is 0.779. The lowest BCUT2D eigenvalue weighted by molar-refractivity contribution is -0.130. The van der Waals surface area contributed by atoms with Crippen molar-refractivity contribution < 1.29 is 14.3 Å². The molecule has 1 aliphatic heterocycles. The average Bonchev–Trinajstić information content (AvgIpc) is 3.13. The lowest BCUT2D eigenvalue weighted by Gasteiger charge is -2.17. The molecule has 0 spiro atoms. The lowest BCUT2D eigenvalue weighted by atomic mass is 9.89. The van der Waals surface area contributed by atoms with Gasteiger partial charge in [0.25, 0.3) is 0 Å². The predicted molar refractivity (Wildman–Crippen MR) is 103 cm³/mol. The first-order chi connectivity index (χ1) is 13.1. The molecule has 2 aromatic carbocycles. The van der Waals surface area contributed by atoms with Gasteiger partial charge in [0.05, 0.1) is 13.0 Å². The molecule has 1 aliphatic rings. The van der Waals surface area contributed by atoms with E-state index in [0.29, 0.717) is 30.9 Å². The summed E-state index contributed by atoms with van der Waals surface area (Å²) < 4.78 is 5.61. The molecule has 1 fully saturated rings. The zero-order valence-electron chi connectivity index (χ0n) is 15.2. The molecule has 0 aliphatic carbocycles. The van der Waals surface area contributed by atoms with Gasteiger partial charge in [-0.2, -0.15) is 0 Å². The van der Waals surface area contributed by atoms with Crippen LogP contribution in [0.2, 0.25) is 0 Å². The molecule has 1 saturated heterocycles. The third-order valence-electron chi connectivity index (χ3n) is 5.03. The monoisotopic (exact) mass is 367 g/mol. The van der Waals surface area contributed by atoms with E-state index in [-0.39, 0.29) is 30.8 Å². The van der Waals surface area contributed by atoms with Gasteiger partial charge in [-0.1, -0.05) is 36.4 Å². The third kappa shape index (κ3) is 4.65. The molecule has 27 heavy (non-hydrogen) atoms. The van der Waals surface area contributed by atoms with Crippen LogP contribution >= 0.6 is 0 Å². The number of benzene rings is 2. The normalized spacial score (nSPS) is 19.1. The molecular weight excluding hydrogens is 342 g/mol. The van der Waals surface area contributed by atoms with Crippen LogP contribution in [-0.4, -0.2) is 43.0 Å². The van der Waals surface area contributed by atoms with Crippen molar-refractivity contribution in [3.05, 3.63) is 65.7 Å². The van der Waals surface area contributed by atoms with E-state index in [9.17, 15) is 9.59 Å². The predicted octanol–water partition coefficient (Wildman–Crippen LogP) is 1.76. The van der Waals surface area contributed by atoms with Gasteiger partial charge >= 0.3 is 0 Å². The molecule has 142 valence electrons. The summed E-state index contributed by atoms with van der Waals surface area (Å²) in [7, 11) is 0. The highest BCUT2D eigenvalue weighted by atomic mass is 16.5. The minimum Gasteiger partial charge on any atom is -0.493 e. The molecular formula is C21H25N3O3. The number of amides is 2. The van der Waals surface area contributed by atoms with Crippen molar-refractivity contribution in [2.45, 2.75) is 12.3 Å². The fraction of sp³-hybridized carbons (Fsp3) is 0.333. The van der Waals surface area contributed by atoms with Gasteiger partial charge in [-0.3, -0.25) is 9.59 Å². The number of hydrogen-bond donors (Lipinski definition) is 2. The Balaban J connectivity index is 1.54. The van der Waals surface area contributed by atoms with E-state index in [2.05, 4.69) is 12.1 Å². The smallest absolute Gasteiger partial charge is 0.248 e. The van der Waals surface area contributed by atoms with Crippen molar-refractivity contribution in [2.75, 3.05) is 26.2 Å². The molecule has 2 amide bonds. The Hall–Kier alpha value is -2.86. The van der Waals surface area contributed by atoms with E-state index in [1.54, 1.807) is 24.3 Å². The Morgan fingerprint density at radius 1 is 1.07 bits per heavy atom. The number of carbonyl (C=O) groups excluding carboxylic acids is 2. The number of primary amides is 1. The van der Waals surface area contributed by atoms with Crippen LogP contribution in [0.1, 0.15) is 28.3 Å². The summed E-state index contributed by atoms with van der Waals surface area (Å²) in [4.78, 5) is 25.7. The summed E-state index contributed by atoms with van der Waals surface area (Å²) in [6.45, 7) is 2.16. The van der Waals surface area contributed by atoms with Crippen molar-refractivity contribution >= 4 is 11.8 Å². The molecule has 6 heteroatoms. The van der Waals surface area contributed by atoms with Crippen molar-refractivity contribution in [3.63, 3.8) is 0 Å². The van der Waals surface area contributed by atoms with Crippen LogP contribution in [0.3, 0.4) is 0 Å². The third-order valence-corrected chi connectivity index (χ3v) is 5.03. The van der Waals surface area contributed by atoms with Gasteiger partial charge in [0.2, 0.25) is 11.8 Å². The number of carbonyl (C=O) groups is 2. The van der Waals surface area contributed by atoms with Crippen LogP contribution in [-0.2, 0) is 4.79 Å². The van der Waals surface area contributed by atoms with Crippen LogP contribution in [0, 0.1) is 5.92 Å². The summed E-state index contributed by atoms with van der Waals surface area (Å²) in [5.41, 5.74) is 12.8. The first kappa shape index (κ1) is 18.9. The van der Waals surface area contributed by atoms with E-state index in [1.165, 1.54) is 5.56 Å². The Kier molecular flexibility index (Phi) is 6.08. The Morgan fingerprint density at radius 2 is 1.85 bits per heavy atom. The Bertz CT molecular complexity index is 794. The van der Waals surface area contributed by atoms with Crippen LogP contribution < -0.4 is 16.2 Å². The summed E-state index contributed by atoms with van der Waals surface area (Å²) in [6.07, 6.45) is 0.277. The molecule has 2 aromatic rings. The maximum atomic E-state index is 12.6. The van der Waals surface area contributed by atoms with Crippen LogP contribution in [0.25, 0.3) is 0 Å². The second kappa shape index (κ2) is 8.68. The standard InChI is InChI=1S/C21H25N3O3/c22-12-17-13-24(14-19(17)15-5-2-1-3-6-15)20(25)9-10-27-18-8-4-7-16(11-18)21(23)26/h1-8,11,17,19H,9-10,12-14,22H2,(H2,23,26)/t17-,19+/m1/s1. The number of hydrogen-bond acceptors (Lipinski definition) is 4. The van der Waals surface area contributed by atoms with Gasteiger partial charge in [0.15, 0.2) is 0 Å². The largest absolute Gasteiger partial charge is 0.493 e. The molecule has 3 rings (SSSR count). The Labute approximate surface area is 159 Å². The van der Waals surface area contributed by atoms with Gasteiger partial charge < -0.3 is 21.1 Å². The van der Waals surface area contributed by atoms with Gasteiger partial charge in [-0.05, 0) is 36.2 Å². The topological polar surface area (TPSA) is 98.7 Å². The van der Waals surface area contributed by atoms with Crippen molar-refractivity contribution in [2.24, 2.45) is 17.4 Å². The van der Waals surface area contributed by atoms with E-state index in [4.69, 9.17) is 16.2 Å². The summed E-state index contributed by atoms with van der Waals surface area (Å²) in [6, 6.07) is 16.9. The summed E-state index contributed by atoms with van der Waals surface area (Å²) >= 11 is 0. The fourth-order valence-electron chi connectivity index (χ4n) is 3.55. The second-order valence-electron chi connectivity index (χ2n) is 6.80. The zero-order chi connectivity index (χ0) is 19.2. The SMILES string of the molecule is NC[C@@H]1CN(C(=O)CCOc2cccc(C(N)=O)c2)C[C@H]1c1ccccc1. The molecule has 0 aromatic heterocycles. The summed E-state index contributed by atoms with van der Waals surface area (Å²) in [5.74, 6) is 0.617. The fourth-order valence-corrected chi connectivity index (χ4v) is 3.55. The minimum atomic E-state index is -0.506. The molecule has 1 heterocycles. The molecule has 0 bridgehead atoms. The van der Waals surface area contributed by atoms with Crippen molar-refractivity contribution in [3.8, 4) is 5.75 Å². The van der Waals surface area contributed by atoms with Crippen LogP contribution in [0.15, 0.2) is 54.6 Å². The van der Waals surface area contributed by atoms with E-state index in [1.807, 2.05) is 23.1 Å². The van der Waals surface area contributed by atoms with Crippen LogP contribution in [0.5, 0.6) is 5.75 Å². The van der Waals surface area contributed by atoms with E-state index >= 15 is 0 Å².